The van der Waals surface area contributed by atoms with Gasteiger partial charge in [0.15, 0.2) is 0 Å². The van der Waals surface area contributed by atoms with Gasteiger partial charge in [0.25, 0.3) is 11.1 Å². The van der Waals surface area contributed by atoms with Crippen molar-refractivity contribution in [3.63, 3.8) is 0 Å². The van der Waals surface area contributed by atoms with Crippen molar-refractivity contribution in [1.82, 2.24) is 15.2 Å². The van der Waals surface area contributed by atoms with Crippen LogP contribution in [-0.2, 0) is 4.79 Å². The summed E-state index contributed by atoms with van der Waals surface area (Å²) in [6.45, 7) is 2.12. The Morgan fingerprint density at radius 3 is 2.85 bits per heavy atom. The van der Waals surface area contributed by atoms with Gasteiger partial charge in [0.1, 0.15) is 5.15 Å². The van der Waals surface area contributed by atoms with Crippen LogP contribution in [0.1, 0.15) is 16.1 Å². The van der Waals surface area contributed by atoms with E-state index < -0.39 is 0 Å². The second kappa shape index (κ2) is 6.23. The zero-order valence-electron chi connectivity index (χ0n) is 10.7. The SMILES string of the molecule is Cc1cc(C(=O)NCCN2C(=O)CSC2=O)cc(Cl)n1. The second-order valence-corrected chi connectivity index (χ2v) is 5.49. The van der Waals surface area contributed by atoms with Gasteiger partial charge >= 0.3 is 0 Å². The number of amides is 3. The van der Waals surface area contributed by atoms with Crippen LogP contribution >= 0.6 is 23.4 Å². The highest BCUT2D eigenvalue weighted by atomic mass is 35.5. The lowest BCUT2D eigenvalue weighted by Gasteiger charge is -2.13. The Bertz CT molecular complexity index is 543. The topological polar surface area (TPSA) is 79.4 Å². The van der Waals surface area contributed by atoms with E-state index in [1.54, 1.807) is 13.0 Å². The van der Waals surface area contributed by atoms with E-state index in [0.717, 1.165) is 16.7 Å². The van der Waals surface area contributed by atoms with Crippen molar-refractivity contribution in [2.24, 2.45) is 0 Å². The van der Waals surface area contributed by atoms with E-state index in [2.05, 4.69) is 10.3 Å². The molecule has 0 saturated carbocycles. The molecule has 1 saturated heterocycles. The van der Waals surface area contributed by atoms with E-state index in [1.165, 1.54) is 6.07 Å². The molecule has 3 amide bonds. The van der Waals surface area contributed by atoms with E-state index in [1.807, 2.05) is 0 Å². The van der Waals surface area contributed by atoms with E-state index in [-0.39, 0.29) is 41.0 Å². The fourth-order valence-corrected chi connectivity index (χ4v) is 2.74. The largest absolute Gasteiger partial charge is 0.350 e. The predicted molar refractivity (Wildman–Crippen MR) is 75.9 cm³/mol. The first-order chi connectivity index (χ1) is 9.47. The average molecular weight is 314 g/mol. The van der Waals surface area contributed by atoms with Crippen LogP contribution in [0.2, 0.25) is 5.15 Å². The number of hydrogen-bond donors (Lipinski definition) is 1. The van der Waals surface area contributed by atoms with Crippen LogP contribution in [0.4, 0.5) is 4.79 Å². The second-order valence-electron chi connectivity index (χ2n) is 4.18. The van der Waals surface area contributed by atoms with Gasteiger partial charge in [0, 0.05) is 24.3 Å². The number of halogens is 1. The summed E-state index contributed by atoms with van der Waals surface area (Å²) in [6, 6.07) is 3.08. The number of hydrogen-bond acceptors (Lipinski definition) is 5. The summed E-state index contributed by atoms with van der Waals surface area (Å²) < 4.78 is 0. The van der Waals surface area contributed by atoms with Crippen LogP contribution in [0.5, 0.6) is 0 Å². The highest BCUT2D eigenvalue weighted by molar-refractivity contribution is 8.14. The first kappa shape index (κ1) is 14.8. The molecule has 2 heterocycles. The summed E-state index contributed by atoms with van der Waals surface area (Å²) in [4.78, 5) is 39.7. The number of thioether (sulfide) groups is 1. The van der Waals surface area contributed by atoms with Gasteiger partial charge in [-0.15, -0.1) is 0 Å². The highest BCUT2D eigenvalue weighted by Crippen LogP contribution is 2.17. The molecule has 0 radical (unpaired) electrons. The summed E-state index contributed by atoms with van der Waals surface area (Å²) in [6.07, 6.45) is 0. The maximum Gasteiger partial charge on any atom is 0.288 e. The molecule has 0 atom stereocenters. The van der Waals surface area contributed by atoms with Gasteiger partial charge in [0.05, 0.1) is 5.75 Å². The molecule has 0 aromatic carbocycles. The molecule has 0 spiro atoms. The maximum atomic E-state index is 11.9. The van der Waals surface area contributed by atoms with E-state index in [4.69, 9.17) is 11.6 Å². The third-order valence-corrected chi connectivity index (χ3v) is 3.70. The van der Waals surface area contributed by atoms with Gasteiger partial charge in [-0.05, 0) is 19.1 Å². The Hall–Kier alpha value is -1.60. The van der Waals surface area contributed by atoms with Crippen molar-refractivity contribution in [3.05, 3.63) is 28.5 Å². The molecule has 1 aliphatic heterocycles. The van der Waals surface area contributed by atoms with Gasteiger partial charge in [-0.3, -0.25) is 19.3 Å². The molecule has 0 unspecified atom stereocenters. The molecule has 1 aliphatic rings. The molecule has 2 rings (SSSR count). The number of nitrogens with zero attached hydrogens (tertiary/aromatic N) is 2. The molecular formula is C12H12ClN3O3S. The minimum atomic E-state index is -0.316. The molecule has 6 nitrogen and oxygen atoms in total. The molecule has 1 fully saturated rings. The van der Waals surface area contributed by atoms with E-state index >= 15 is 0 Å². The lowest BCUT2D eigenvalue weighted by Crippen LogP contribution is -2.37. The van der Waals surface area contributed by atoms with Crippen LogP contribution < -0.4 is 5.32 Å². The third kappa shape index (κ3) is 3.49. The minimum absolute atomic E-state index is 0.173. The average Bonchev–Trinajstić information content (AvgIpc) is 2.69. The van der Waals surface area contributed by atoms with Crippen molar-refractivity contribution in [2.45, 2.75) is 6.92 Å². The Morgan fingerprint density at radius 2 is 2.25 bits per heavy atom. The number of carbonyl (C=O) groups is 3. The van der Waals surface area contributed by atoms with Crippen LogP contribution in [0.3, 0.4) is 0 Å². The number of imide groups is 1. The molecule has 1 aromatic rings. The van der Waals surface area contributed by atoms with Crippen molar-refractivity contribution >= 4 is 40.4 Å². The number of nitrogens with one attached hydrogen (secondary N) is 1. The van der Waals surface area contributed by atoms with Crippen LogP contribution in [0.15, 0.2) is 12.1 Å². The molecule has 0 aliphatic carbocycles. The zero-order chi connectivity index (χ0) is 14.7. The Morgan fingerprint density at radius 1 is 1.50 bits per heavy atom. The van der Waals surface area contributed by atoms with Crippen molar-refractivity contribution in [1.29, 1.82) is 0 Å². The molecule has 8 heteroatoms. The number of aryl methyl sites for hydroxylation is 1. The molecule has 20 heavy (non-hydrogen) atoms. The van der Waals surface area contributed by atoms with Gasteiger partial charge in [-0.1, -0.05) is 23.4 Å². The number of aromatic nitrogens is 1. The number of rotatable bonds is 4. The normalized spacial score (nSPS) is 14.8. The maximum absolute atomic E-state index is 11.9. The quantitative estimate of drug-likeness (QED) is 0.852. The third-order valence-electron chi connectivity index (χ3n) is 2.65. The summed E-state index contributed by atoms with van der Waals surface area (Å²) in [5.74, 6) is -0.368. The molecule has 0 bridgehead atoms. The van der Waals surface area contributed by atoms with Crippen molar-refractivity contribution in [2.75, 3.05) is 18.8 Å². The molecular weight excluding hydrogens is 302 g/mol. The first-order valence-electron chi connectivity index (χ1n) is 5.87. The Labute approximate surface area is 124 Å². The lowest BCUT2D eigenvalue weighted by atomic mass is 10.2. The van der Waals surface area contributed by atoms with Crippen molar-refractivity contribution in [3.8, 4) is 0 Å². The molecule has 106 valence electrons. The number of carbonyl (C=O) groups excluding carboxylic acids is 3. The fourth-order valence-electron chi connectivity index (χ4n) is 1.74. The Balaban J connectivity index is 1.89. The zero-order valence-corrected chi connectivity index (χ0v) is 12.3. The summed E-state index contributed by atoms with van der Waals surface area (Å²) in [5.41, 5.74) is 1.04. The van der Waals surface area contributed by atoms with Gasteiger partial charge in [-0.25, -0.2) is 4.98 Å². The highest BCUT2D eigenvalue weighted by Gasteiger charge is 2.29. The van der Waals surface area contributed by atoms with Gasteiger partial charge < -0.3 is 5.32 Å². The van der Waals surface area contributed by atoms with Crippen LogP contribution in [0, 0.1) is 6.92 Å². The van der Waals surface area contributed by atoms with Gasteiger partial charge in [0.2, 0.25) is 5.91 Å². The van der Waals surface area contributed by atoms with E-state index in [0.29, 0.717) is 11.3 Å². The van der Waals surface area contributed by atoms with Crippen LogP contribution in [-0.4, -0.2) is 45.8 Å². The lowest BCUT2D eigenvalue weighted by molar-refractivity contribution is -0.124. The van der Waals surface area contributed by atoms with E-state index in [9.17, 15) is 14.4 Å². The first-order valence-corrected chi connectivity index (χ1v) is 7.23. The molecule has 1 aromatic heterocycles. The smallest absolute Gasteiger partial charge is 0.288 e. The standard InChI is InChI=1S/C12H12ClN3O3S/c1-7-4-8(5-9(13)15-7)11(18)14-2-3-16-10(17)6-20-12(16)19/h4-5H,2-3,6H2,1H3,(H,14,18). The summed E-state index contributed by atoms with van der Waals surface area (Å²) in [7, 11) is 0. The fraction of sp³-hybridized carbons (Fsp3) is 0.333. The molecule has 1 N–H and O–H groups in total. The van der Waals surface area contributed by atoms with Gasteiger partial charge in [-0.2, -0.15) is 0 Å². The summed E-state index contributed by atoms with van der Waals surface area (Å²) in [5, 5.41) is 2.62. The summed E-state index contributed by atoms with van der Waals surface area (Å²) >= 11 is 6.75. The monoisotopic (exact) mass is 313 g/mol. The Kier molecular flexibility index (Phi) is 4.61. The number of pyridine rings is 1. The minimum Gasteiger partial charge on any atom is -0.350 e. The predicted octanol–water partition coefficient (Wildman–Crippen LogP) is 1.47. The van der Waals surface area contributed by atoms with Crippen molar-refractivity contribution < 1.29 is 14.4 Å². The van der Waals surface area contributed by atoms with Crippen LogP contribution in [0.25, 0.3) is 0 Å².